The summed E-state index contributed by atoms with van der Waals surface area (Å²) in [6, 6.07) is 3.06. The molecule has 0 saturated heterocycles. The van der Waals surface area contributed by atoms with Gasteiger partial charge in [0.1, 0.15) is 17.7 Å². The van der Waals surface area contributed by atoms with Crippen LogP contribution in [0, 0.1) is 5.82 Å². The molecular weight excluding hydrogens is 257 g/mol. The van der Waals surface area contributed by atoms with E-state index in [4.69, 9.17) is 17.3 Å². The molecule has 1 heterocycles. The Morgan fingerprint density at radius 3 is 2.67 bits per heavy atom. The Hall–Kier alpha value is -1.62. The second kappa shape index (κ2) is 4.57. The van der Waals surface area contributed by atoms with Gasteiger partial charge in [0.25, 0.3) is 0 Å². The van der Waals surface area contributed by atoms with E-state index >= 15 is 0 Å². The number of carbonyl (C=O) groups excluding carboxylic acids is 1. The molecule has 0 spiro atoms. The fraction of sp³-hybridized carbons (Fsp3) is 0.333. The fourth-order valence-electron chi connectivity index (χ4n) is 2.07. The molecule has 1 aromatic rings. The van der Waals surface area contributed by atoms with Crippen molar-refractivity contribution in [1.82, 2.24) is 4.90 Å². The van der Waals surface area contributed by atoms with Crippen molar-refractivity contribution in [3.05, 3.63) is 34.6 Å². The lowest BCUT2D eigenvalue weighted by molar-refractivity contribution is 0.190. The van der Waals surface area contributed by atoms with Crippen molar-refractivity contribution in [2.75, 3.05) is 0 Å². The predicted molar refractivity (Wildman–Crippen MR) is 68.1 cm³/mol. The van der Waals surface area contributed by atoms with E-state index in [2.05, 4.69) is 4.99 Å². The first kappa shape index (κ1) is 12.8. The van der Waals surface area contributed by atoms with Crippen LogP contribution < -0.4 is 5.73 Å². The van der Waals surface area contributed by atoms with Crippen LogP contribution in [-0.4, -0.2) is 22.8 Å². The van der Waals surface area contributed by atoms with Crippen LogP contribution in [0.15, 0.2) is 23.2 Å². The van der Waals surface area contributed by atoms with Gasteiger partial charge in [0.2, 0.25) is 0 Å². The van der Waals surface area contributed by atoms with Crippen molar-refractivity contribution in [2.45, 2.75) is 25.9 Å². The second-order valence-corrected chi connectivity index (χ2v) is 4.86. The minimum atomic E-state index is -0.550. The largest absolute Gasteiger partial charge is 0.385 e. The van der Waals surface area contributed by atoms with Crippen molar-refractivity contribution in [3.8, 4) is 0 Å². The molecule has 2 amide bonds. The van der Waals surface area contributed by atoms with Gasteiger partial charge in [-0.25, -0.2) is 9.18 Å². The van der Waals surface area contributed by atoms with Gasteiger partial charge >= 0.3 is 6.03 Å². The van der Waals surface area contributed by atoms with E-state index in [1.807, 2.05) is 13.8 Å². The Balaban J connectivity index is 2.47. The molecule has 6 heteroatoms. The highest BCUT2D eigenvalue weighted by atomic mass is 35.5. The topological polar surface area (TPSA) is 58.7 Å². The Kier molecular flexibility index (Phi) is 3.26. The summed E-state index contributed by atoms with van der Waals surface area (Å²) in [4.78, 5) is 16.9. The summed E-state index contributed by atoms with van der Waals surface area (Å²) in [5.74, 6) is -0.302. The standard InChI is InChI=1S/C12H13ClFN3O/c1-6(2)17-10(11(15)16-12(17)18)7-3-8(13)5-9(14)4-7/h3-6,10H,1-2H3,(H2,15,16,18). The SMILES string of the molecule is CC(C)N1C(=O)N=C(N)C1c1cc(F)cc(Cl)c1. The maximum absolute atomic E-state index is 13.4. The number of hydrogen-bond donors (Lipinski definition) is 1. The number of carbonyl (C=O) groups is 1. The van der Waals surface area contributed by atoms with Gasteiger partial charge < -0.3 is 10.6 Å². The molecule has 0 bridgehead atoms. The lowest BCUT2D eigenvalue weighted by atomic mass is 10.0. The Morgan fingerprint density at radius 1 is 1.44 bits per heavy atom. The van der Waals surface area contributed by atoms with Crippen LogP contribution in [0.2, 0.25) is 5.02 Å². The molecule has 0 fully saturated rings. The lowest BCUT2D eigenvalue weighted by Gasteiger charge is -2.28. The number of hydrogen-bond acceptors (Lipinski definition) is 2. The molecule has 4 nitrogen and oxygen atoms in total. The molecule has 1 unspecified atom stereocenters. The highest BCUT2D eigenvalue weighted by molar-refractivity contribution is 6.30. The zero-order valence-electron chi connectivity index (χ0n) is 10.0. The predicted octanol–water partition coefficient (Wildman–Crippen LogP) is 2.72. The Bertz CT molecular complexity index is 510. The van der Waals surface area contributed by atoms with Gasteiger partial charge in [-0.1, -0.05) is 11.6 Å². The van der Waals surface area contributed by atoms with Gasteiger partial charge in [0, 0.05) is 11.1 Å². The fourth-order valence-corrected chi connectivity index (χ4v) is 2.30. The monoisotopic (exact) mass is 269 g/mol. The first-order valence-corrected chi connectivity index (χ1v) is 5.90. The Morgan fingerprint density at radius 2 is 2.11 bits per heavy atom. The van der Waals surface area contributed by atoms with Gasteiger partial charge in [-0.3, -0.25) is 0 Å². The number of benzene rings is 1. The maximum atomic E-state index is 13.4. The quantitative estimate of drug-likeness (QED) is 0.897. The van der Waals surface area contributed by atoms with Crippen molar-refractivity contribution in [3.63, 3.8) is 0 Å². The van der Waals surface area contributed by atoms with Crippen LogP contribution >= 0.6 is 11.6 Å². The van der Waals surface area contributed by atoms with E-state index in [-0.39, 0.29) is 16.9 Å². The number of halogens is 2. The summed E-state index contributed by atoms with van der Waals surface area (Å²) in [7, 11) is 0. The zero-order chi connectivity index (χ0) is 13.4. The number of nitrogens with two attached hydrogens (primary N) is 1. The number of amidine groups is 1. The second-order valence-electron chi connectivity index (χ2n) is 4.43. The first-order chi connectivity index (χ1) is 8.40. The number of rotatable bonds is 2. The van der Waals surface area contributed by atoms with Crippen molar-refractivity contribution in [2.24, 2.45) is 10.7 Å². The van der Waals surface area contributed by atoms with E-state index in [9.17, 15) is 9.18 Å². The smallest absolute Gasteiger partial charge is 0.346 e. The summed E-state index contributed by atoms with van der Waals surface area (Å²) in [6.45, 7) is 3.69. The van der Waals surface area contributed by atoms with Crippen LogP contribution in [0.5, 0.6) is 0 Å². The first-order valence-electron chi connectivity index (χ1n) is 5.52. The minimum absolute atomic E-state index is 0.0886. The van der Waals surface area contributed by atoms with Crippen LogP contribution in [-0.2, 0) is 0 Å². The number of nitrogens with zero attached hydrogens (tertiary/aromatic N) is 2. The Labute approximate surface area is 109 Å². The van der Waals surface area contributed by atoms with Crippen LogP contribution in [0.4, 0.5) is 9.18 Å². The van der Waals surface area contributed by atoms with Crippen LogP contribution in [0.1, 0.15) is 25.5 Å². The van der Waals surface area contributed by atoms with Crippen LogP contribution in [0.25, 0.3) is 0 Å². The highest BCUT2D eigenvalue weighted by Crippen LogP contribution is 2.30. The van der Waals surface area contributed by atoms with Crippen LogP contribution in [0.3, 0.4) is 0 Å². The number of urea groups is 1. The molecule has 1 aliphatic rings. The normalized spacial score (nSPS) is 19.6. The van der Waals surface area contributed by atoms with Crippen molar-refractivity contribution < 1.29 is 9.18 Å². The maximum Gasteiger partial charge on any atom is 0.346 e. The molecule has 0 saturated carbocycles. The van der Waals surface area contributed by atoms with Crippen molar-refractivity contribution >= 4 is 23.5 Å². The van der Waals surface area contributed by atoms with E-state index < -0.39 is 17.9 Å². The van der Waals surface area contributed by atoms with E-state index in [1.165, 1.54) is 17.0 Å². The molecular formula is C12H13ClFN3O. The van der Waals surface area contributed by atoms with E-state index in [1.54, 1.807) is 6.07 Å². The lowest BCUT2D eigenvalue weighted by Crippen LogP contribution is -2.38. The molecule has 18 heavy (non-hydrogen) atoms. The molecule has 0 aliphatic carbocycles. The molecule has 2 rings (SSSR count). The number of amides is 2. The minimum Gasteiger partial charge on any atom is -0.385 e. The zero-order valence-corrected chi connectivity index (χ0v) is 10.8. The molecule has 0 radical (unpaired) electrons. The third kappa shape index (κ3) is 2.18. The van der Waals surface area contributed by atoms with Gasteiger partial charge in [-0.2, -0.15) is 4.99 Å². The van der Waals surface area contributed by atoms with Gasteiger partial charge in [-0.05, 0) is 37.6 Å². The molecule has 1 aliphatic heterocycles. The summed E-state index contributed by atoms with van der Waals surface area (Å²) >= 11 is 5.82. The summed E-state index contributed by atoms with van der Waals surface area (Å²) in [6.07, 6.45) is 0. The molecule has 0 aromatic heterocycles. The number of aliphatic imine (C=N–C) groups is 1. The molecule has 2 N–H and O–H groups in total. The average molecular weight is 270 g/mol. The van der Waals surface area contributed by atoms with Gasteiger partial charge in [0.05, 0.1) is 0 Å². The molecule has 1 atom stereocenters. The summed E-state index contributed by atoms with van der Waals surface area (Å²) in [5.41, 5.74) is 6.28. The molecule has 1 aromatic carbocycles. The van der Waals surface area contributed by atoms with Crippen molar-refractivity contribution in [1.29, 1.82) is 0 Å². The van der Waals surface area contributed by atoms with E-state index in [0.717, 1.165) is 0 Å². The van der Waals surface area contributed by atoms with E-state index in [0.29, 0.717) is 5.56 Å². The third-order valence-electron chi connectivity index (χ3n) is 2.76. The molecule has 96 valence electrons. The van der Waals surface area contributed by atoms with Gasteiger partial charge in [-0.15, -0.1) is 0 Å². The average Bonchev–Trinajstić information content (AvgIpc) is 2.51. The summed E-state index contributed by atoms with van der Waals surface area (Å²) < 4.78 is 13.4. The highest BCUT2D eigenvalue weighted by Gasteiger charge is 2.36. The summed E-state index contributed by atoms with van der Waals surface area (Å²) in [5, 5.41) is 0.265. The third-order valence-corrected chi connectivity index (χ3v) is 2.98. The van der Waals surface area contributed by atoms with Gasteiger partial charge in [0.15, 0.2) is 0 Å².